The summed E-state index contributed by atoms with van der Waals surface area (Å²) in [6, 6.07) is 7.93. The Bertz CT molecular complexity index is 1230. The maximum Gasteiger partial charge on any atom is 0.252 e. The summed E-state index contributed by atoms with van der Waals surface area (Å²) in [5, 5.41) is 13.1. The van der Waals surface area contributed by atoms with E-state index in [-0.39, 0.29) is 12.3 Å². The predicted molar refractivity (Wildman–Crippen MR) is 131 cm³/mol. The number of rotatable bonds is 8. The lowest BCUT2D eigenvalue weighted by molar-refractivity contribution is -0.118. The van der Waals surface area contributed by atoms with Gasteiger partial charge in [-0.15, -0.1) is 0 Å². The zero-order chi connectivity index (χ0) is 24.2. The average Bonchev–Trinajstić information content (AvgIpc) is 3.10. The van der Waals surface area contributed by atoms with E-state index in [0.717, 1.165) is 23.1 Å². The first-order chi connectivity index (χ1) is 15.7. The fourth-order valence-corrected chi connectivity index (χ4v) is 3.57. The quantitative estimate of drug-likeness (QED) is 0.359. The number of anilines is 1. The molecule has 33 heavy (non-hydrogen) atoms. The number of nitrogens with zero attached hydrogens (tertiary/aromatic N) is 4. The Kier molecular flexibility index (Phi) is 7.14. The molecule has 2 aromatic heterocycles. The van der Waals surface area contributed by atoms with Crippen molar-refractivity contribution in [2.75, 3.05) is 12.3 Å². The van der Waals surface area contributed by atoms with E-state index in [1.165, 1.54) is 6.33 Å². The van der Waals surface area contributed by atoms with Crippen molar-refractivity contribution < 1.29 is 9.90 Å². The highest BCUT2D eigenvalue weighted by molar-refractivity contribution is 6.07. The molecule has 3 aromatic rings. The minimum absolute atomic E-state index is 0.00981. The molecule has 1 aromatic carbocycles. The lowest BCUT2D eigenvalue weighted by atomic mass is 10.00. The van der Waals surface area contributed by atoms with Crippen LogP contribution in [-0.2, 0) is 11.3 Å². The number of aliphatic hydroxyl groups is 1. The van der Waals surface area contributed by atoms with E-state index in [1.54, 1.807) is 6.08 Å². The normalized spacial score (nSPS) is 12.1. The third-order valence-corrected chi connectivity index (χ3v) is 5.75. The lowest BCUT2D eigenvalue weighted by Crippen LogP contribution is -2.43. The molecule has 3 rings (SSSR count). The number of aliphatic hydroxyl groups excluding tert-OH is 1. The second-order valence-corrected chi connectivity index (χ2v) is 8.65. The smallest absolute Gasteiger partial charge is 0.252 e. The van der Waals surface area contributed by atoms with Gasteiger partial charge in [0, 0.05) is 29.9 Å². The Balaban J connectivity index is 2.32. The number of carbonyl (C=O) groups is 1. The fourth-order valence-electron chi connectivity index (χ4n) is 3.57. The molecule has 1 amide bonds. The van der Waals surface area contributed by atoms with Gasteiger partial charge in [0.15, 0.2) is 0 Å². The molecule has 0 bridgehead atoms. The summed E-state index contributed by atoms with van der Waals surface area (Å²) in [5.41, 5.74) is 9.76. The molecular weight excluding hydrogens is 416 g/mol. The Morgan fingerprint density at radius 3 is 2.61 bits per heavy atom. The highest BCUT2D eigenvalue weighted by Crippen LogP contribution is 2.38. The van der Waals surface area contributed by atoms with E-state index >= 15 is 0 Å². The second kappa shape index (κ2) is 9.84. The van der Waals surface area contributed by atoms with Crippen molar-refractivity contribution in [2.24, 2.45) is 0 Å². The number of carbonyl (C=O) groups excluding carboxylic acids is 1. The summed E-state index contributed by atoms with van der Waals surface area (Å²) in [5.74, 6) is -0.126. The van der Waals surface area contributed by atoms with Crippen LogP contribution >= 0.6 is 0 Å². The molecule has 0 saturated carbocycles. The van der Waals surface area contributed by atoms with Crippen LogP contribution in [-0.4, -0.2) is 37.7 Å². The largest absolute Gasteiger partial charge is 0.396 e. The summed E-state index contributed by atoms with van der Waals surface area (Å²) in [6.45, 7) is 15.9. The van der Waals surface area contributed by atoms with E-state index < -0.39 is 11.4 Å². The molecule has 4 N–H and O–H groups in total. The maximum absolute atomic E-state index is 13.0. The maximum atomic E-state index is 13.0. The van der Waals surface area contributed by atoms with Crippen LogP contribution in [0.15, 0.2) is 36.3 Å². The van der Waals surface area contributed by atoms with Crippen LogP contribution in [0.3, 0.4) is 0 Å². The molecule has 2 heterocycles. The molecule has 0 spiro atoms. The van der Waals surface area contributed by atoms with Crippen molar-refractivity contribution in [2.45, 2.75) is 52.6 Å². The van der Waals surface area contributed by atoms with Crippen LogP contribution in [0.1, 0.15) is 44.9 Å². The summed E-state index contributed by atoms with van der Waals surface area (Å²) in [7, 11) is 0. The topological polar surface area (TPSA) is 110 Å². The van der Waals surface area contributed by atoms with Gasteiger partial charge in [-0.3, -0.25) is 4.79 Å². The SMILES string of the molecule is [C-]#[N+]/C(=C\c1c(-c2ccc(C)cc2)c2c(N)ncnc2n1CCCO)C(=O)NC(C)(C)CC. The van der Waals surface area contributed by atoms with Crippen LogP contribution in [0.2, 0.25) is 0 Å². The number of amides is 1. The number of nitrogens with one attached hydrogen (secondary N) is 1. The van der Waals surface area contributed by atoms with Crippen LogP contribution in [0.5, 0.6) is 0 Å². The number of nitrogen functional groups attached to an aromatic ring is 1. The van der Waals surface area contributed by atoms with Crippen LogP contribution in [0.4, 0.5) is 5.82 Å². The Hall–Kier alpha value is -3.70. The van der Waals surface area contributed by atoms with Gasteiger partial charge in [0.1, 0.15) is 17.8 Å². The summed E-state index contributed by atoms with van der Waals surface area (Å²) in [6.07, 6.45) is 4.18. The zero-order valence-corrected chi connectivity index (χ0v) is 19.5. The van der Waals surface area contributed by atoms with Gasteiger partial charge in [-0.05, 0) is 45.3 Å². The molecule has 0 unspecified atom stereocenters. The van der Waals surface area contributed by atoms with Gasteiger partial charge in [-0.25, -0.2) is 14.8 Å². The minimum atomic E-state index is -0.444. The highest BCUT2D eigenvalue weighted by atomic mass is 16.3. The molecule has 8 heteroatoms. The molecule has 0 fully saturated rings. The molecule has 0 saturated heterocycles. The molecule has 0 aliphatic rings. The van der Waals surface area contributed by atoms with E-state index in [1.807, 2.05) is 56.5 Å². The number of fused-ring (bicyclic) bond motifs is 1. The monoisotopic (exact) mass is 446 g/mol. The van der Waals surface area contributed by atoms with Gasteiger partial charge in [-0.1, -0.05) is 36.8 Å². The number of nitrogens with two attached hydrogens (primary N) is 1. The molecule has 172 valence electrons. The first kappa shape index (κ1) is 24.0. The Labute approximate surface area is 194 Å². The number of hydrogen-bond donors (Lipinski definition) is 3. The van der Waals surface area contributed by atoms with Crippen LogP contribution in [0, 0.1) is 13.5 Å². The van der Waals surface area contributed by atoms with Gasteiger partial charge in [-0.2, -0.15) is 0 Å². The van der Waals surface area contributed by atoms with Crippen molar-refractivity contribution in [3.63, 3.8) is 0 Å². The molecule has 0 aliphatic carbocycles. The molecule has 8 nitrogen and oxygen atoms in total. The first-order valence-electron chi connectivity index (χ1n) is 10.9. The van der Waals surface area contributed by atoms with Crippen molar-refractivity contribution in [1.82, 2.24) is 19.9 Å². The third kappa shape index (κ3) is 5.04. The highest BCUT2D eigenvalue weighted by Gasteiger charge is 2.24. The van der Waals surface area contributed by atoms with Crippen LogP contribution in [0.25, 0.3) is 33.1 Å². The minimum Gasteiger partial charge on any atom is -0.396 e. The van der Waals surface area contributed by atoms with Gasteiger partial charge in [0.2, 0.25) is 0 Å². The predicted octanol–water partition coefficient (Wildman–Crippen LogP) is 3.94. The third-order valence-electron chi connectivity index (χ3n) is 5.75. The number of hydrogen-bond acceptors (Lipinski definition) is 5. The number of benzene rings is 1. The Morgan fingerprint density at radius 2 is 2.00 bits per heavy atom. The number of aryl methyl sites for hydroxylation is 2. The average molecular weight is 447 g/mol. The van der Waals surface area contributed by atoms with Crippen molar-refractivity contribution >= 4 is 28.8 Å². The lowest BCUT2D eigenvalue weighted by Gasteiger charge is -2.24. The van der Waals surface area contributed by atoms with Gasteiger partial charge in [0.25, 0.3) is 11.6 Å². The molecular formula is C25H30N6O2. The van der Waals surface area contributed by atoms with Crippen molar-refractivity contribution in [3.8, 4) is 11.1 Å². The van der Waals surface area contributed by atoms with Gasteiger partial charge in [0.05, 0.1) is 12.0 Å². The van der Waals surface area contributed by atoms with E-state index in [0.29, 0.717) is 35.5 Å². The zero-order valence-electron chi connectivity index (χ0n) is 19.5. The summed E-state index contributed by atoms with van der Waals surface area (Å²) in [4.78, 5) is 25.1. The molecule has 0 atom stereocenters. The second-order valence-electron chi connectivity index (χ2n) is 8.65. The molecule has 0 aliphatic heterocycles. The standard InChI is InChI=1S/C25H30N6O2/c1-6-25(3,4)30-24(33)18(27-5)14-19-20(17-10-8-16(2)9-11-17)21-22(26)28-15-29-23(21)31(19)12-7-13-32/h8-11,14-15,32H,6-7,12-13H2,1-4H3,(H,30,33)(H2,26,28,29)/b18-14-. The van der Waals surface area contributed by atoms with E-state index in [2.05, 4.69) is 20.1 Å². The molecule has 0 radical (unpaired) electrons. The van der Waals surface area contributed by atoms with Crippen molar-refractivity contribution in [1.29, 1.82) is 0 Å². The fraction of sp³-hybridized carbons (Fsp3) is 0.360. The van der Waals surface area contributed by atoms with Crippen LogP contribution < -0.4 is 11.1 Å². The number of aromatic nitrogens is 3. The Morgan fingerprint density at radius 1 is 1.30 bits per heavy atom. The summed E-state index contributed by atoms with van der Waals surface area (Å²) >= 11 is 0. The van der Waals surface area contributed by atoms with Gasteiger partial charge < -0.3 is 20.7 Å². The first-order valence-corrected chi connectivity index (χ1v) is 10.9. The van der Waals surface area contributed by atoms with Gasteiger partial charge >= 0.3 is 0 Å². The van der Waals surface area contributed by atoms with E-state index in [9.17, 15) is 9.90 Å². The van der Waals surface area contributed by atoms with E-state index in [4.69, 9.17) is 12.3 Å². The van der Waals surface area contributed by atoms with Crippen molar-refractivity contribution in [3.05, 3.63) is 59.0 Å². The summed E-state index contributed by atoms with van der Waals surface area (Å²) < 4.78 is 1.89.